The highest BCUT2D eigenvalue weighted by atomic mass is 32.2. The molecule has 2 aromatic carbocycles. The van der Waals surface area contributed by atoms with E-state index in [1.165, 1.54) is 11.6 Å². The molecule has 0 radical (unpaired) electrons. The first-order valence-corrected chi connectivity index (χ1v) is 13.6. The summed E-state index contributed by atoms with van der Waals surface area (Å²) >= 11 is 0. The molecule has 1 unspecified atom stereocenters. The molecule has 1 aromatic heterocycles. The molecule has 37 heavy (non-hydrogen) atoms. The van der Waals surface area contributed by atoms with Crippen molar-refractivity contribution in [3.63, 3.8) is 0 Å². The van der Waals surface area contributed by atoms with Gasteiger partial charge in [0.2, 0.25) is 10.0 Å². The summed E-state index contributed by atoms with van der Waals surface area (Å²) in [4.78, 5) is 44.4. The number of sulfonamides is 1. The summed E-state index contributed by atoms with van der Waals surface area (Å²) in [6.07, 6.45) is 3.14. The van der Waals surface area contributed by atoms with Crippen molar-refractivity contribution < 1.29 is 27.6 Å². The number of carbonyl (C=O) groups is 2. The van der Waals surface area contributed by atoms with Crippen molar-refractivity contribution >= 4 is 28.0 Å². The van der Waals surface area contributed by atoms with Gasteiger partial charge in [0.05, 0.1) is 17.5 Å². The lowest BCUT2D eigenvalue weighted by molar-refractivity contribution is -0.191. The minimum atomic E-state index is -3.74. The third-order valence-corrected chi connectivity index (χ3v) is 6.82. The summed E-state index contributed by atoms with van der Waals surface area (Å²) < 4.78 is 27.2. The lowest BCUT2D eigenvalue weighted by Crippen LogP contribution is -2.39. The fraction of sp³-hybridized carbons (Fsp3) is 0.296. The Balaban J connectivity index is 0.00000121. The molecular formula is C27H29N3O6S. The SMILES string of the molecule is Cc1ccc(C)n1-c1cc(C(=O)N2CCCC(c3ccccc3)C2)ccc1C(=O)NS(C)(=O)=O.O=C=O. The molecule has 0 spiro atoms. The molecule has 9 nitrogen and oxygen atoms in total. The number of aryl methyl sites for hydroxylation is 2. The zero-order valence-corrected chi connectivity index (χ0v) is 21.7. The van der Waals surface area contributed by atoms with Gasteiger partial charge in [0.25, 0.3) is 11.8 Å². The first-order chi connectivity index (χ1) is 17.6. The maximum Gasteiger partial charge on any atom is 0.373 e. The van der Waals surface area contributed by atoms with E-state index >= 15 is 0 Å². The van der Waals surface area contributed by atoms with Crippen molar-refractivity contribution in [2.75, 3.05) is 19.3 Å². The van der Waals surface area contributed by atoms with Crippen LogP contribution < -0.4 is 4.72 Å². The lowest BCUT2D eigenvalue weighted by Gasteiger charge is -2.33. The fourth-order valence-electron chi connectivity index (χ4n) is 4.65. The summed E-state index contributed by atoms with van der Waals surface area (Å²) in [5.41, 5.74) is 4.10. The second kappa shape index (κ2) is 11.8. The van der Waals surface area contributed by atoms with Crippen LogP contribution in [0.4, 0.5) is 0 Å². The molecule has 1 N–H and O–H groups in total. The van der Waals surface area contributed by atoms with E-state index in [4.69, 9.17) is 9.59 Å². The van der Waals surface area contributed by atoms with Gasteiger partial charge in [-0.05, 0) is 62.6 Å². The molecule has 4 rings (SSSR count). The Kier molecular flexibility index (Phi) is 8.81. The molecule has 2 amide bonds. The summed E-state index contributed by atoms with van der Waals surface area (Å²) in [5, 5.41) is 0. The number of nitrogens with zero attached hydrogens (tertiary/aromatic N) is 2. The van der Waals surface area contributed by atoms with E-state index in [2.05, 4.69) is 12.1 Å². The van der Waals surface area contributed by atoms with Crippen molar-refractivity contribution in [3.8, 4) is 5.69 Å². The third-order valence-electron chi connectivity index (χ3n) is 6.26. The largest absolute Gasteiger partial charge is 0.373 e. The van der Waals surface area contributed by atoms with Crippen LogP contribution in [-0.4, -0.2) is 55.2 Å². The van der Waals surface area contributed by atoms with Crippen LogP contribution >= 0.6 is 0 Å². The van der Waals surface area contributed by atoms with E-state index in [-0.39, 0.29) is 23.5 Å². The first kappa shape index (κ1) is 27.6. The highest BCUT2D eigenvalue weighted by Gasteiger charge is 2.27. The topological polar surface area (TPSA) is 123 Å². The van der Waals surface area contributed by atoms with E-state index in [0.717, 1.165) is 30.5 Å². The zero-order chi connectivity index (χ0) is 27.2. The van der Waals surface area contributed by atoms with E-state index in [1.807, 2.05) is 58.4 Å². The van der Waals surface area contributed by atoms with Crippen LogP contribution in [0.3, 0.4) is 0 Å². The average molecular weight is 524 g/mol. The standard InChI is InChI=1S/C26H29N3O4S.CO2/c1-18-11-12-19(2)29(18)24-16-21(13-14-23(24)25(30)27-34(3,32)33)26(31)28-15-7-10-22(17-28)20-8-5-4-6-9-20;2-1-3/h4-6,8-9,11-14,16,22H,7,10,15,17H2,1-3H3,(H,27,30);. The molecule has 1 aliphatic heterocycles. The monoisotopic (exact) mass is 523 g/mol. The predicted molar refractivity (Wildman–Crippen MR) is 137 cm³/mol. The maximum atomic E-state index is 13.5. The Morgan fingerprint density at radius 2 is 1.59 bits per heavy atom. The predicted octanol–water partition coefficient (Wildman–Crippen LogP) is 3.22. The molecule has 10 heteroatoms. The minimum absolute atomic E-state index is 0.0978. The number of piperidine rings is 1. The molecule has 194 valence electrons. The van der Waals surface area contributed by atoms with E-state index < -0.39 is 15.9 Å². The van der Waals surface area contributed by atoms with Crippen molar-refractivity contribution in [1.82, 2.24) is 14.2 Å². The molecule has 0 bridgehead atoms. The van der Waals surface area contributed by atoms with Gasteiger partial charge in [-0.2, -0.15) is 9.59 Å². The highest BCUT2D eigenvalue weighted by molar-refractivity contribution is 7.89. The van der Waals surface area contributed by atoms with Crippen molar-refractivity contribution in [2.24, 2.45) is 0 Å². The number of benzene rings is 2. The van der Waals surface area contributed by atoms with Gasteiger partial charge in [-0.25, -0.2) is 13.1 Å². The molecular weight excluding hydrogens is 494 g/mol. The van der Waals surface area contributed by atoms with Gasteiger partial charge in [-0.1, -0.05) is 30.3 Å². The molecule has 0 aliphatic carbocycles. The maximum absolute atomic E-state index is 13.5. The number of hydrogen-bond donors (Lipinski definition) is 1. The lowest BCUT2D eigenvalue weighted by atomic mass is 9.90. The Morgan fingerprint density at radius 1 is 0.973 bits per heavy atom. The van der Waals surface area contributed by atoms with E-state index in [0.29, 0.717) is 24.3 Å². The Labute approximate surface area is 216 Å². The second-order valence-electron chi connectivity index (χ2n) is 8.97. The zero-order valence-electron chi connectivity index (χ0n) is 20.9. The molecule has 3 aromatic rings. The average Bonchev–Trinajstić information content (AvgIpc) is 3.20. The van der Waals surface area contributed by atoms with Crippen LogP contribution in [-0.2, 0) is 19.6 Å². The summed E-state index contributed by atoms with van der Waals surface area (Å²) in [6.45, 7) is 5.11. The highest BCUT2D eigenvalue weighted by Crippen LogP contribution is 2.29. The van der Waals surface area contributed by atoms with Gasteiger partial charge < -0.3 is 9.47 Å². The van der Waals surface area contributed by atoms with Crippen LogP contribution in [0.25, 0.3) is 5.69 Å². The number of aromatic nitrogens is 1. The molecule has 1 saturated heterocycles. The minimum Gasteiger partial charge on any atom is -0.338 e. The Bertz CT molecular complexity index is 1400. The fourth-order valence-corrected chi connectivity index (χ4v) is 5.10. The van der Waals surface area contributed by atoms with Crippen molar-refractivity contribution in [3.05, 3.63) is 88.7 Å². The van der Waals surface area contributed by atoms with Crippen LogP contribution in [0, 0.1) is 13.8 Å². The number of amides is 2. The number of hydrogen-bond acceptors (Lipinski definition) is 6. The third kappa shape index (κ3) is 6.81. The smallest absolute Gasteiger partial charge is 0.338 e. The molecule has 1 aliphatic rings. The van der Waals surface area contributed by atoms with Gasteiger partial charge in [-0.3, -0.25) is 9.59 Å². The normalized spacial score (nSPS) is 15.2. The molecule has 0 saturated carbocycles. The van der Waals surface area contributed by atoms with E-state index in [9.17, 15) is 18.0 Å². The van der Waals surface area contributed by atoms with Gasteiger partial charge in [0.15, 0.2) is 0 Å². The first-order valence-electron chi connectivity index (χ1n) is 11.7. The molecule has 2 heterocycles. The van der Waals surface area contributed by atoms with Gasteiger partial charge in [0.1, 0.15) is 0 Å². The number of carbonyl (C=O) groups excluding carboxylic acids is 4. The Hall–Kier alpha value is -4.01. The summed E-state index contributed by atoms with van der Waals surface area (Å²) in [6, 6.07) is 18.9. The quantitative estimate of drug-likeness (QED) is 0.548. The van der Waals surface area contributed by atoms with Crippen LogP contribution in [0.15, 0.2) is 60.7 Å². The van der Waals surface area contributed by atoms with Crippen LogP contribution in [0.5, 0.6) is 0 Å². The Morgan fingerprint density at radius 3 is 2.19 bits per heavy atom. The van der Waals surface area contributed by atoms with E-state index in [1.54, 1.807) is 12.1 Å². The van der Waals surface area contributed by atoms with Crippen molar-refractivity contribution in [2.45, 2.75) is 32.6 Å². The van der Waals surface area contributed by atoms with Gasteiger partial charge >= 0.3 is 6.15 Å². The van der Waals surface area contributed by atoms with Crippen LogP contribution in [0.1, 0.15) is 56.4 Å². The van der Waals surface area contributed by atoms with Gasteiger partial charge in [0, 0.05) is 36.0 Å². The van der Waals surface area contributed by atoms with Crippen LogP contribution in [0.2, 0.25) is 0 Å². The molecule has 1 atom stereocenters. The second-order valence-corrected chi connectivity index (χ2v) is 10.7. The number of nitrogens with one attached hydrogen (secondary N) is 1. The number of rotatable bonds is 5. The van der Waals surface area contributed by atoms with Gasteiger partial charge in [-0.15, -0.1) is 0 Å². The van der Waals surface area contributed by atoms with Crippen molar-refractivity contribution in [1.29, 1.82) is 0 Å². The summed E-state index contributed by atoms with van der Waals surface area (Å²) in [7, 11) is -3.74. The summed E-state index contributed by atoms with van der Waals surface area (Å²) in [5.74, 6) is -0.544. The number of likely N-dealkylation sites (tertiary alicyclic amines) is 1. The molecule has 1 fully saturated rings.